The van der Waals surface area contributed by atoms with Crippen molar-refractivity contribution in [2.45, 2.75) is 13.0 Å². The zero-order valence-corrected chi connectivity index (χ0v) is 8.58. The summed E-state index contributed by atoms with van der Waals surface area (Å²) in [5, 5.41) is 0. The monoisotopic (exact) mass is 224 g/mol. The molecule has 3 nitrogen and oxygen atoms in total. The normalized spacial score (nSPS) is 12.8. The molecule has 1 atom stereocenters. The Balaban J connectivity index is 2.46. The van der Waals surface area contributed by atoms with Gasteiger partial charge in [0.05, 0.1) is 17.8 Å². The van der Waals surface area contributed by atoms with Crippen LogP contribution in [-0.4, -0.2) is 4.98 Å². The van der Waals surface area contributed by atoms with Crippen molar-refractivity contribution in [1.82, 2.24) is 4.98 Å². The summed E-state index contributed by atoms with van der Waals surface area (Å²) in [5.41, 5.74) is 5.59. The minimum absolute atomic E-state index is 0.0411. The molecular formula is C11H10F2N2O. The van der Waals surface area contributed by atoms with Crippen molar-refractivity contribution in [3.63, 3.8) is 0 Å². The summed E-state index contributed by atoms with van der Waals surface area (Å²) in [6.45, 7) is 1.69. The van der Waals surface area contributed by atoms with Crippen LogP contribution in [0.3, 0.4) is 0 Å². The summed E-state index contributed by atoms with van der Waals surface area (Å²) in [6.07, 6.45) is 1.33. The lowest BCUT2D eigenvalue weighted by Gasteiger charge is -2.00. The third kappa shape index (κ3) is 1.94. The largest absolute Gasteiger partial charge is 0.439 e. The van der Waals surface area contributed by atoms with E-state index in [0.29, 0.717) is 5.89 Å². The lowest BCUT2D eigenvalue weighted by atomic mass is 10.2. The van der Waals surface area contributed by atoms with E-state index in [9.17, 15) is 8.78 Å². The first-order chi connectivity index (χ1) is 7.58. The second-order valence-corrected chi connectivity index (χ2v) is 3.48. The Morgan fingerprint density at radius 1 is 1.38 bits per heavy atom. The zero-order valence-electron chi connectivity index (χ0n) is 8.58. The molecule has 0 aliphatic carbocycles. The van der Waals surface area contributed by atoms with Crippen LogP contribution in [0.25, 0.3) is 11.3 Å². The summed E-state index contributed by atoms with van der Waals surface area (Å²) in [5.74, 6) is -0.633. The molecule has 84 valence electrons. The second-order valence-electron chi connectivity index (χ2n) is 3.48. The van der Waals surface area contributed by atoms with Gasteiger partial charge in [0.15, 0.2) is 5.76 Å². The maximum atomic E-state index is 13.4. The highest BCUT2D eigenvalue weighted by Crippen LogP contribution is 2.25. The van der Waals surface area contributed by atoms with E-state index in [1.54, 1.807) is 6.92 Å². The Morgan fingerprint density at radius 2 is 2.12 bits per heavy atom. The van der Waals surface area contributed by atoms with Crippen molar-refractivity contribution in [3.8, 4) is 11.3 Å². The molecule has 0 amide bonds. The Kier molecular flexibility index (Phi) is 2.70. The summed E-state index contributed by atoms with van der Waals surface area (Å²) >= 11 is 0. The van der Waals surface area contributed by atoms with Crippen LogP contribution < -0.4 is 5.73 Å². The van der Waals surface area contributed by atoms with Crippen molar-refractivity contribution >= 4 is 0 Å². The average molecular weight is 224 g/mol. The van der Waals surface area contributed by atoms with Crippen LogP contribution in [0.15, 0.2) is 28.8 Å². The highest BCUT2D eigenvalue weighted by molar-refractivity contribution is 5.57. The number of benzene rings is 1. The molecule has 2 aromatic rings. The number of nitrogens with zero attached hydrogens (tertiary/aromatic N) is 1. The number of nitrogens with two attached hydrogens (primary N) is 1. The molecule has 0 spiro atoms. The van der Waals surface area contributed by atoms with Gasteiger partial charge < -0.3 is 10.2 Å². The molecule has 1 unspecified atom stereocenters. The Hall–Kier alpha value is -1.75. The number of aromatic nitrogens is 1. The molecule has 5 heteroatoms. The predicted octanol–water partition coefficient (Wildman–Crippen LogP) is 2.64. The number of hydrogen-bond acceptors (Lipinski definition) is 3. The van der Waals surface area contributed by atoms with E-state index in [1.807, 2.05) is 0 Å². The van der Waals surface area contributed by atoms with Crippen molar-refractivity contribution < 1.29 is 13.2 Å². The summed E-state index contributed by atoms with van der Waals surface area (Å²) < 4.78 is 31.5. The second kappa shape index (κ2) is 4.02. The quantitative estimate of drug-likeness (QED) is 0.853. The number of oxazole rings is 1. The van der Waals surface area contributed by atoms with Gasteiger partial charge in [0.2, 0.25) is 5.89 Å². The molecule has 0 radical (unpaired) electrons. The molecule has 0 saturated heterocycles. The molecular weight excluding hydrogens is 214 g/mol. The van der Waals surface area contributed by atoms with Crippen LogP contribution in [0, 0.1) is 11.6 Å². The molecule has 2 rings (SSSR count). The van der Waals surface area contributed by atoms with Gasteiger partial charge in [0, 0.05) is 0 Å². The standard InChI is InChI=1S/C11H10F2N2O/c1-6(14)11-15-5-10(16-11)8-4-7(12)2-3-9(8)13/h2-6H,14H2,1H3. The van der Waals surface area contributed by atoms with E-state index in [1.165, 1.54) is 6.20 Å². The van der Waals surface area contributed by atoms with Gasteiger partial charge in [0.1, 0.15) is 11.6 Å². The van der Waals surface area contributed by atoms with Gasteiger partial charge in [-0.25, -0.2) is 13.8 Å². The van der Waals surface area contributed by atoms with E-state index in [2.05, 4.69) is 4.98 Å². The third-order valence-electron chi connectivity index (χ3n) is 2.11. The van der Waals surface area contributed by atoms with Crippen LogP contribution >= 0.6 is 0 Å². The molecule has 1 aromatic heterocycles. The van der Waals surface area contributed by atoms with Crippen molar-refractivity contribution in [1.29, 1.82) is 0 Å². The first kappa shape index (κ1) is 10.8. The topological polar surface area (TPSA) is 52.0 Å². The van der Waals surface area contributed by atoms with Gasteiger partial charge >= 0.3 is 0 Å². The van der Waals surface area contributed by atoms with Gasteiger partial charge in [-0.1, -0.05) is 0 Å². The van der Waals surface area contributed by atoms with E-state index >= 15 is 0 Å². The fourth-order valence-corrected chi connectivity index (χ4v) is 1.31. The van der Waals surface area contributed by atoms with Gasteiger partial charge in [-0.05, 0) is 25.1 Å². The van der Waals surface area contributed by atoms with Gasteiger partial charge in [-0.15, -0.1) is 0 Å². The van der Waals surface area contributed by atoms with Crippen LogP contribution in [0.1, 0.15) is 18.9 Å². The van der Waals surface area contributed by atoms with Crippen LogP contribution in [0.5, 0.6) is 0 Å². The zero-order chi connectivity index (χ0) is 11.7. The number of rotatable bonds is 2. The molecule has 0 aliphatic rings. The smallest absolute Gasteiger partial charge is 0.211 e. The van der Waals surface area contributed by atoms with E-state index in [4.69, 9.17) is 10.2 Å². The number of halogens is 2. The fourth-order valence-electron chi connectivity index (χ4n) is 1.31. The first-order valence-electron chi connectivity index (χ1n) is 4.74. The fraction of sp³-hybridized carbons (Fsp3) is 0.182. The maximum Gasteiger partial charge on any atom is 0.211 e. The number of hydrogen-bond donors (Lipinski definition) is 1. The van der Waals surface area contributed by atoms with Crippen LogP contribution in [0.4, 0.5) is 8.78 Å². The summed E-state index contributed by atoms with van der Waals surface area (Å²) in [4.78, 5) is 3.88. The van der Waals surface area contributed by atoms with E-state index in [-0.39, 0.29) is 17.4 Å². The minimum atomic E-state index is -0.561. The molecule has 1 heterocycles. The molecule has 0 bridgehead atoms. The van der Waals surface area contributed by atoms with Crippen LogP contribution in [0.2, 0.25) is 0 Å². The van der Waals surface area contributed by atoms with Gasteiger partial charge in [0.25, 0.3) is 0 Å². The third-order valence-corrected chi connectivity index (χ3v) is 2.11. The van der Waals surface area contributed by atoms with E-state index < -0.39 is 11.6 Å². The Morgan fingerprint density at radius 3 is 2.75 bits per heavy atom. The molecule has 0 aliphatic heterocycles. The Labute approximate surface area is 90.9 Å². The first-order valence-corrected chi connectivity index (χ1v) is 4.74. The van der Waals surface area contributed by atoms with Crippen molar-refractivity contribution in [2.24, 2.45) is 5.73 Å². The highest BCUT2D eigenvalue weighted by Gasteiger charge is 2.13. The molecule has 16 heavy (non-hydrogen) atoms. The maximum absolute atomic E-state index is 13.4. The molecule has 2 N–H and O–H groups in total. The highest BCUT2D eigenvalue weighted by atomic mass is 19.1. The SMILES string of the molecule is CC(N)c1ncc(-c2cc(F)ccc2F)o1. The van der Waals surface area contributed by atoms with Crippen LogP contribution in [-0.2, 0) is 0 Å². The van der Waals surface area contributed by atoms with Gasteiger partial charge in [-0.3, -0.25) is 0 Å². The minimum Gasteiger partial charge on any atom is -0.439 e. The lowest BCUT2D eigenvalue weighted by Crippen LogP contribution is -2.04. The summed E-state index contributed by atoms with van der Waals surface area (Å²) in [6, 6.07) is 2.76. The average Bonchev–Trinajstić information content (AvgIpc) is 2.70. The molecule has 0 fully saturated rings. The molecule has 1 aromatic carbocycles. The molecule has 0 saturated carbocycles. The lowest BCUT2D eigenvalue weighted by molar-refractivity contribution is 0.470. The predicted molar refractivity (Wildman–Crippen MR) is 54.5 cm³/mol. The Bertz CT molecular complexity index is 508. The van der Waals surface area contributed by atoms with E-state index in [0.717, 1.165) is 18.2 Å². The summed E-state index contributed by atoms with van der Waals surface area (Å²) in [7, 11) is 0. The van der Waals surface area contributed by atoms with Crippen molar-refractivity contribution in [2.75, 3.05) is 0 Å². The van der Waals surface area contributed by atoms with Crippen molar-refractivity contribution in [3.05, 3.63) is 41.9 Å². The van der Waals surface area contributed by atoms with Gasteiger partial charge in [-0.2, -0.15) is 0 Å².